The molecule has 4 heteroatoms. The third-order valence-electron chi connectivity index (χ3n) is 4.13. The molecule has 27 heavy (non-hydrogen) atoms. The normalized spacial score (nSPS) is 11.1. The van der Waals surface area contributed by atoms with Gasteiger partial charge in [0.1, 0.15) is 12.0 Å². The van der Waals surface area contributed by atoms with Crippen LogP contribution in [0.25, 0.3) is 12.2 Å². The number of benzene rings is 2. The zero-order chi connectivity index (χ0) is 19.8. The summed E-state index contributed by atoms with van der Waals surface area (Å²) in [6, 6.07) is 11.0. The van der Waals surface area contributed by atoms with Gasteiger partial charge in [0.25, 0.3) is 0 Å². The first kappa shape index (κ1) is 20.0. The summed E-state index contributed by atoms with van der Waals surface area (Å²) in [5.74, 6) is 0.178. The molecule has 2 aromatic carbocycles. The van der Waals surface area contributed by atoms with Crippen LogP contribution in [0.4, 0.5) is 0 Å². The Labute approximate surface area is 159 Å². The first-order valence-corrected chi connectivity index (χ1v) is 8.55. The number of ether oxygens (including phenoxy) is 1. The largest absolute Gasteiger partial charge is 0.496 e. The Hall–Kier alpha value is -3.27. The summed E-state index contributed by atoms with van der Waals surface area (Å²) in [4.78, 5) is 34.9. The van der Waals surface area contributed by atoms with Crippen LogP contribution in [0, 0.1) is 13.8 Å². The van der Waals surface area contributed by atoms with Gasteiger partial charge in [-0.3, -0.25) is 14.4 Å². The molecule has 0 unspecified atom stereocenters. The summed E-state index contributed by atoms with van der Waals surface area (Å²) in [5, 5.41) is 0. The Bertz CT molecular complexity index is 920. The fourth-order valence-corrected chi connectivity index (χ4v) is 2.50. The molecule has 0 bridgehead atoms. The Kier molecular flexibility index (Phi) is 7.00. The summed E-state index contributed by atoms with van der Waals surface area (Å²) in [6.45, 7) is 3.78. The summed E-state index contributed by atoms with van der Waals surface area (Å²) < 4.78 is 5.25. The van der Waals surface area contributed by atoms with E-state index in [4.69, 9.17) is 4.74 Å². The van der Waals surface area contributed by atoms with Crippen molar-refractivity contribution in [2.45, 2.75) is 20.3 Å². The standard InChI is InChI=1S/C23H22O4/c1-16-4-6-18(12-20(16)15-24)8-10-21(25)14-22(26)11-9-19-7-5-17(2)23(13-19)27-3/h4-13,15H,14H2,1-3H3. The van der Waals surface area contributed by atoms with Crippen LogP contribution in [-0.4, -0.2) is 25.0 Å². The van der Waals surface area contributed by atoms with E-state index in [-0.39, 0.29) is 18.0 Å². The number of aryl methyl sites for hydroxylation is 2. The van der Waals surface area contributed by atoms with Crippen LogP contribution in [0.3, 0.4) is 0 Å². The van der Waals surface area contributed by atoms with Crippen molar-refractivity contribution in [1.82, 2.24) is 0 Å². The van der Waals surface area contributed by atoms with Crippen LogP contribution in [-0.2, 0) is 9.59 Å². The van der Waals surface area contributed by atoms with Gasteiger partial charge in [0.15, 0.2) is 11.6 Å². The zero-order valence-electron chi connectivity index (χ0n) is 15.7. The maximum Gasteiger partial charge on any atom is 0.163 e. The molecule has 0 aliphatic carbocycles. The molecule has 0 fully saturated rings. The van der Waals surface area contributed by atoms with E-state index in [1.807, 2.05) is 44.2 Å². The molecule has 0 atom stereocenters. The molecule has 0 aliphatic heterocycles. The number of carbonyl (C=O) groups is 3. The number of methoxy groups -OCH3 is 1. The number of carbonyl (C=O) groups excluding carboxylic acids is 3. The van der Waals surface area contributed by atoms with Gasteiger partial charge in [0.05, 0.1) is 13.5 Å². The first-order chi connectivity index (χ1) is 12.9. The predicted molar refractivity (Wildman–Crippen MR) is 107 cm³/mol. The maximum atomic E-state index is 12.0. The molecule has 0 aliphatic rings. The van der Waals surface area contributed by atoms with Gasteiger partial charge in [0.2, 0.25) is 0 Å². The molecule has 0 spiro atoms. The van der Waals surface area contributed by atoms with Crippen molar-refractivity contribution in [3.05, 3.63) is 76.4 Å². The third-order valence-corrected chi connectivity index (χ3v) is 4.13. The average molecular weight is 362 g/mol. The van der Waals surface area contributed by atoms with Crippen molar-refractivity contribution in [3.8, 4) is 5.75 Å². The highest BCUT2D eigenvalue weighted by Crippen LogP contribution is 2.19. The van der Waals surface area contributed by atoms with Gasteiger partial charge in [-0.1, -0.05) is 36.4 Å². The van der Waals surface area contributed by atoms with Gasteiger partial charge in [-0.15, -0.1) is 0 Å². The van der Waals surface area contributed by atoms with Gasteiger partial charge >= 0.3 is 0 Å². The molecule has 2 aromatic rings. The Morgan fingerprint density at radius 1 is 0.889 bits per heavy atom. The molecule has 0 aromatic heterocycles. The lowest BCUT2D eigenvalue weighted by Crippen LogP contribution is -2.02. The van der Waals surface area contributed by atoms with Crippen LogP contribution in [0.2, 0.25) is 0 Å². The minimum absolute atomic E-state index is 0.206. The molecule has 2 rings (SSSR count). The highest BCUT2D eigenvalue weighted by atomic mass is 16.5. The van der Waals surface area contributed by atoms with Gasteiger partial charge in [0, 0.05) is 5.56 Å². The number of ketones is 2. The quantitative estimate of drug-likeness (QED) is 0.397. The van der Waals surface area contributed by atoms with E-state index in [2.05, 4.69) is 0 Å². The van der Waals surface area contributed by atoms with Gasteiger partial charge in [-0.05, 0) is 60.4 Å². The van der Waals surface area contributed by atoms with E-state index in [9.17, 15) is 14.4 Å². The fraction of sp³-hybridized carbons (Fsp3) is 0.174. The number of allylic oxidation sites excluding steroid dienone is 2. The van der Waals surface area contributed by atoms with E-state index < -0.39 is 0 Å². The molecule has 0 amide bonds. The Morgan fingerprint density at radius 2 is 1.44 bits per heavy atom. The molecule has 0 saturated carbocycles. The minimum Gasteiger partial charge on any atom is -0.496 e. The second kappa shape index (κ2) is 9.43. The van der Waals surface area contributed by atoms with Crippen molar-refractivity contribution < 1.29 is 19.1 Å². The number of hydrogen-bond donors (Lipinski definition) is 0. The van der Waals surface area contributed by atoms with Crippen molar-refractivity contribution in [2.24, 2.45) is 0 Å². The summed E-state index contributed by atoms with van der Waals surface area (Å²) in [5.41, 5.74) is 4.04. The zero-order valence-corrected chi connectivity index (χ0v) is 15.7. The lowest BCUT2D eigenvalue weighted by molar-refractivity contribution is -0.121. The lowest BCUT2D eigenvalue weighted by atomic mass is 10.0. The minimum atomic E-state index is -0.292. The van der Waals surface area contributed by atoms with Crippen LogP contribution < -0.4 is 4.74 Å². The SMILES string of the molecule is COc1cc(C=CC(=O)CC(=O)C=Cc2ccc(C)c(C=O)c2)ccc1C. The highest BCUT2D eigenvalue weighted by molar-refractivity contribution is 6.10. The van der Waals surface area contributed by atoms with Crippen LogP contribution in [0.1, 0.15) is 39.0 Å². The molecule has 0 heterocycles. The van der Waals surface area contributed by atoms with E-state index >= 15 is 0 Å². The van der Waals surface area contributed by atoms with Gasteiger partial charge in [-0.2, -0.15) is 0 Å². The van der Waals surface area contributed by atoms with E-state index in [1.54, 1.807) is 25.3 Å². The van der Waals surface area contributed by atoms with Crippen LogP contribution >= 0.6 is 0 Å². The van der Waals surface area contributed by atoms with Crippen LogP contribution in [0.15, 0.2) is 48.6 Å². The monoisotopic (exact) mass is 362 g/mol. The smallest absolute Gasteiger partial charge is 0.163 e. The van der Waals surface area contributed by atoms with Crippen LogP contribution in [0.5, 0.6) is 5.75 Å². The average Bonchev–Trinajstić information content (AvgIpc) is 2.66. The molecular formula is C23H22O4. The second-order valence-electron chi connectivity index (χ2n) is 6.24. The van der Waals surface area contributed by atoms with Crippen molar-refractivity contribution in [1.29, 1.82) is 0 Å². The van der Waals surface area contributed by atoms with E-state index in [0.717, 1.165) is 34.3 Å². The maximum absolute atomic E-state index is 12.0. The molecule has 4 nitrogen and oxygen atoms in total. The first-order valence-electron chi connectivity index (χ1n) is 8.55. The Balaban J connectivity index is 1.97. The molecular weight excluding hydrogens is 340 g/mol. The summed E-state index contributed by atoms with van der Waals surface area (Å²) in [7, 11) is 1.60. The molecule has 138 valence electrons. The summed E-state index contributed by atoms with van der Waals surface area (Å²) >= 11 is 0. The topological polar surface area (TPSA) is 60.4 Å². The van der Waals surface area contributed by atoms with E-state index in [0.29, 0.717) is 5.56 Å². The number of hydrogen-bond acceptors (Lipinski definition) is 4. The predicted octanol–water partition coefficient (Wildman–Crippen LogP) is 4.38. The number of aldehydes is 1. The van der Waals surface area contributed by atoms with Crippen molar-refractivity contribution in [2.75, 3.05) is 7.11 Å². The third kappa shape index (κ3) is 5.89. The highest BCUT2D eigenvalue weighted by Gasteiger charge is 2.05. The van der Waals surface area contributed by atoms with E-state index in [1.165, 1.54) is 12.2 Å². The lowest BCUT2D eigenvalue weighted by Gasteiger charge is -2.04. The number of rotatable bonds is 8. The second-order valence-corrected chi connectivity index (χ2v) is 6.24. The molecule has 0 N–H and O–H groups in total. The van der Waals surface area contributed by atoms with Crippen molar-refractivity contribution in [3.63, 3.8) is 0 Å². The fourth-order valence-electron chi connectivity index (χ4n) is 2.50. The summed E-state index contributed by atoms with van der Waals surface area (Å²) in [6.07, 6.45) is 6.60. The Morgan fingerprint density at radius 3 is 2.00 bits per heavy atom. The van der Waals surface area contributed by atoms with Gasteiger partial charge in [-0.25, -0.2) is 0 Å². The molecule has 0 radical (unpaired) electrons. The van der Waals surface area contributed by atoms with Crippen molar-refractivity contribution >= 4 is 30.0 Å². The van der Waals surface area contributed by atoms with Gasteiger partial charge < -0.3 is 4.74 Å². The molecule has 0 saturated heterocycles.